The van der Waals surface area contributed by atoms with E-state index >= 15 is 0 Å². The zero-order valence-electron chi connectivity index (χ0n) is 12.0. The maximum absolute atomic E-state index is 13.0. The molecule has 0 saturated carbocycles. The first-order valence-corrected chi connectivity index (χ1v) is 6.95. The van der Waals surface area contributed by atoms with Gasteiger partial charge in [0.25, 0.3) is 5.91 Å². The summed E-state index contributed by atoms with van der Waals surface area (Å²) in [6, 6.07) is 12.8. The molecule has 5 nitrogen and oxygen atoms in total. The molecule has 0 bridgehead atoms. The lowest BCUT2D eigenvalue weighted by Gasteiger charge is -2.13. The number of benzene rings is 2. The Balaban J connectivity index is 1.81. The average molecular weight is 309 g/mol. The summed E-state index contributed by atoms with van der Waals surface area (Å²) in [6.45, 7) is 0.0812. The predicted octanol–water partition coefficient (Wildman–Crippen LogP) is 2.49. The smallest absolute Gasteiger partial charge is 0.322 e. The first-order valence-electron chi connectivity index (χ1n) is 6.95. The van der Waals surface area contributed by atoms with Gasteiger partial charge in [0.2, 0.25) is 0 Å². The van der Waals surface area contributed by atoms with E-state index in [1.807, 2.05) is 6.07 Å². The minimum Gasteiger partial charge on any atom is -0.322 e. The third kappa shape index (κ3) is 2.90. The van der Waals surface area contributed by atoms with Gasteiger partial charge < -0.3 is 5.32 Å². The van der Waals surface area contributed by atoms with Crippen molar-refractivity contribution < 1.29 is 14.0 Å². The number of rotatable bonds is 3. The second-order valence-electron chi connectivity index (χ2n) is 5.17. The van der Waals surface area contributed by atoms with Crippen LogP contribution in [0.1, 0.15) is 22.7 Å². The van der Waals surface area contributed by atoms with Gasteiger partial charge in [-0.3, -0.25) is 9.69 Å². The fourth-order valence-electron chi connectivity index (χ4n) is 2.47. The quantitative estimate of drug-likeness (QED) is 0.885. The van der Waals surface area contributed by atoms with E-state index in [4.69, 9.17) is 5.26 Å². The highest BCUT2D eigenvalue weighted by Crippen LogP contribution is 2.23. The van der Waals surface area contributed by atoms with E-state index in [0.717, 1.165) is 4.90 Å². The summed E-state index contributed by atoms with van der Waals surface area (Å²) < 4.78 is 13.0. The third-order valence-corrected chi connectivity index (χ3v) is 3.63. The van der Waals surface area contributed by atoms with Crippen LogP contribution in [0.15, 0.2) is 48.5 Å². The highest BCUT2D eigenvalue weighted by Gasteiger charge is 2.38. The zero-order valence-corrected chi connectivity index (χ0v) is 12.0. The lowest BCUT2D eigenvalue weighted by molar-refractivity contribution is -0.128. The molecule has 23 heavy (non-hydrogen) atoms. The van der Waals surface area contributed by atoms with Gasteiger partial charge in [-0.2, -0.15) is 5.26 Å². The largest absolute Gasteiger partial charge is 0.325 e. The van der Waals surface area contributed by atoms with Crippen molar-refractivity contribution in [3.8, 4) is 6.07 Å². The van der Waals surface area contributed by atoms with Crippen LogP contribution in [0.2, 0.25) is 0 Å². The van der Waals surface area contributed by atoms with E-state index < -0.39 is 23.8 Å². The number of nitrogens with zero attached hydrogens (tertiary/aromatic N) is 2. The number of carbonyl (C=O) groups excluding carboxylic acids is 2. The Morgan fingerprint density at radius 3 is 2.61 bits per heavy atom. The van der Waals surface area contributed by atoms with E-state index in [2.05, 4.69) is 5.32 Å². The fourth-order valence-corrected chi connectivity index (χ4v) is 2.47. The van der Waals surface area contributed by atoms with Crippen LogP contribution in [0, 0.1) is 17.1 Å². The first kappa shape index (κ1) is 14.7. The third-order valence-electron chi connectivity index (χ3n) is 3.63. The Morgan fingerprint density at radius 1 is 1.17 bits per heavy atom. The number of urea groups is 1. The molecule has 0 aliphatic carbocycles. The van der Waals surface area contributed by atoms with Crippen LogP contribution in [0.3, 0.4) is 0 Å². The second kappa shape index (κ2) is 5.89. The molecule has 1 saturated heterocycles. The summed E-state index contributed by atoms with van der Waals surface area (Å²) in [7, 11) is 0. The van der Waals surface area contributed by atoms with Gasteiger partial charge in [0.15, 0.2) is 0 Å². The van der Waals surface area contributed by atoms with E-state index in [0.29, 0.717) is 16.7 Å². The molecule has 114 valence electrons. The maximum atomic E-state index is 13.0. The summed E-state index contributed by atoms with van der Waals surface area (Å²) in [6.07, 6.45) is 0. The van der Waals surface area contributed by atoms with E-state index in [1.165, 1.54) is 24.3 Å². The molecule has 1 fully saturated rings. The molecule has 0 aromatic heterocycles. The van der Waals surface area contributed by atoms with Crippen molar-refractivity contribution in [3.05, 3.63) is 71.0 Å². The highest BCUT2D eigenvalue weighted by molar-refractivity contribution is 6.04. The van der Waals surface area contributed by atoms with Crippen LogP contribution < -0.4 is 5.32 Å². The van der Waals surface area contributed by atoms with E-state index in [1.54, 1.807) is 24.3 Å². The Bertz CT molecular complexity index is 811. The molecule has 1 unspecified atom stereocenters. The van der Waals surface area contributed by atoms with Crippen molar-refractivity contribution in [1.29, 1.82) is 5.26 Å². The minimum atomic E-state index is -0.817. The maximum Gasteiger partial charge on any atom is 0.325 e. The molecule has 1 atom stereocenters. The Hall–Kier alpha value is -3.20. The molecule has 1 N–H and O–H groups in total. The number of nitrogens with one attached hydrogen (secondary N) is 1. The number of halogens is 1. The molecule has 3 rings (SSSR count). The number of nitriles is 1. The topological polar surface area (TPSA) is 73.2 Å². The number of hydrogen-bond acceptors (Lipinski definition) is 3. The van der Waals surface area contributed by atoms with Gasteiger partial charge in [0, 0.05) is 0 Å². The molecule has 2 aromatic rings. The summed E-state index contributed by atoms with van der Waals surface area (Å²) in [5, 5.41) is 11.5. The van der Waals surface area contributed by atoms with Crippen LogP contribution in [0.5, 0.6) is 0 Å². The van der Waals surface area contributed by atoms with Gasteiger partial charge >= 0.3 is 6.03 Å². The van der Waals surface area contributed by atoms with Crippen LogP contribution in [-0.4, -0.2) is 16.8 Å². The van der Waals surface area contributed by atoms with Gasteiger partial charge in [0.05, 0.1) is 18.2 Å². The highest BCUT2D eigenvalue weighted by atomic mass is 19.1. The van der Waals surface area contributed by atoms with Crippen molar-refractivity contribution in [2.45, 2.75) is 12.6 Å². The number of carbonyl (C=O) groups is 2. The van der Waals surface area contributed by atoms with Crippen molar-refractivity contribution in [2.75, 3.05) is 0 Å². The van der Waals surface area contributed by atoms with E-state index in [-0.39, 0.29) is 6.54 Å². The van der Waals surface area contributed by atoms with Crippen molar-refractivity contribution in [3.63, 3.8) is 0 Å². The molecule has 1 aliphatic heterocycles. The summed E-state index contributed by atoms with van der Waals surface area (Å²) >= 11 is 0. The Morgan fingerprint density at radius 2 is 1.91 bits per heavy atom. The van der Waals surface area contributed by atoms with Gasteiger partial charge in [0.1, 0.15) is 11.9 Å². The van der Waals surface area contributed by atoms with Crippen LogP contribution >= 0.6 is 0 Å². The predicted molar refractivity (Wildman–Crippen MR) is 79.4 cm³/mol. The van der Waals surface area contributed by atoms with Crippen LogP contribution in [0.4, 0.5) is 9.18 Å². The summed E-state index contributed by atoms with van der Waals surface area (Å²) in [5.74, 6) is -0.806. The normalized spacial score (nSPS) is 17.0. The SMILES string of the molecule is N#Cc1cccc(CN2C(=O)NC(c3ccc(F)cc3)C2=O)c1. The molecule has 1 heterocycles. The minimum absolute atomic E-state index is 0.0812. The molecule has 0 radical (unpaired) electrons. The molecule has 3 amide bonds. The van der Waals surface area contributed by atoms with Gasteiger partial charge in [-0.25, -0.2) is 9.18 Å². The van der Waals surface area contributed by atoms with Gasteiger partial charge in [-0.05, 0) is 35.4 Å². The van der Waals surface area contributed by atoms with Gasteiger partial charge in [-0.15, -0.1) is 0 Å². The number of amides is 3. The molecule has 1 aliphatic rings. The first-order chi connectivity index (χ1) is 11.1. The van der Waals surface area contributed by atoms with E-state index in [9.17, 15) is 14.0 Å². The van der Waals surface area contributed by atoms with Crippen LogP contribution in [-0.2, 0) is 11.3 Å². The zero-order chi connectivity index (χ0) is 16.4. The average Bonchev–Trinajstić information content (AvgIpc) is 2.84. The monoisotopic (exact) mass is 309 g/mol. The molecule has 0 spiro atoms. The Kier molecular flexibility index (Phi) is 3.77. The number of imide groups is 1. The standard InChI is InChI=1S/C17H12FN3O2/c18-14-6-4-13(5-7-14)15-16(22)21(17(23)20-15)10-12-3-1-2-11(8-12)9-19/h1-8,15H,10H2,(H,20,23). The number of hydrogen-bond donors (Lipinski definition) is 1. The molecule has 2 aromatic carbocycles. The molecule has 6 heteroatoms. The van der Waals surface area contributed by atoms with Crippen LogP contribution in [0.25, 0.3) is 0 Å². The Labute approximate surface area is 131 Å². The van der Waals surface area contributed by atoms with Crippen molar-refractivity contribution in [2.24, 2.45) is 0 Å². The molecular formula is C17H12FN3O2. The second-order valence-corrected chi connectivity index (χ2v) is 5.17. The lowest BCUT2D eigenvalue weighted by Crippen LogP contribution is -2.30. The summed E-state index contributed by atoms with van der Waals surface area (Å²) in [5.41, 5.74) is 1.68. The van der Waals surface area contributed by atoms with Gasteiger partial charge in [-0.1, -0.05) is 24.3 Å². The van der Waals surface area contributed by atoms with Crippen molar-refractivity contribution >= 4 is 11.9 Å². The molecular weight excluding hydrogens is 297 g/mol. The van der Waals surface area contributed by atoms with Crippen molar-refractivity contribution in [1.82, 2.24) is 10.2 Å². The fraction of sp³-hybridized carbons (Fsp3) is 0.118. The summed E-state index contributed by atoms with van der Waals surface area (Å²) in [4.78, 5) is 25.6. The lowest BCUT2D eigenvalue weighted by atomic mass is 10.1.